The van der Waals surface area contributed by atoms with Gasteiger partial charge in [0.15, 0.2) is 0 Å². The quantitative estimate of drug-likeness (QED) is 0.837. The van der Waals surface area contributed by atoms with E-state index in [1.807, 2.05) is 0 Å². The Bertz CT molecular complexity index is 684. The van der Waals surface area contributed by atoms with Gasteiger partial charge >= 0.3 is 0 Å². The van der Waals surface area contributed by atoms with Crippen molar-refractivity contribution in [3.05, 3.63) is 71.4 Å². The number of morpholine rings is 1. The Labute approximate surface area is 132 Å². The molecule has 2 aromatic rings. The Kier molecular flexibility index (Phi) is 3.69. The van der Waals surface area contributed by atoms with Crippen LogP contribution in [0.5, 0.6) is 0 Å². The van der Waals surface area contributed by atoms with Gasteiger partial charge in [0, 0.05) is 25.2 Å². The van der Waals surface area contributed by atoms with Gasteiger partial charge in [-0.2, -0.15) is 0 Å². The fourth-order valence-corrected chi connectivity index (χ4v) is 3.50. The number of rotatable bonds is 2. The summed E-state index contributed by atoms with van der Waals surface area (Å²) in [5.41, 5.74) is 7.15. The summed E-state index contributed by atoms with van der Waals surface area (Å²) in [5.74, 6) is 0. The summed E-state index contributed by atoms with van der Waals surface area (Å²) >= 11 is 0. The van der Waals surface area contributed by atoms with E-state index in [0.29, 0.717) is 0 Å². The molecule has 1 aliphatic carbocycles. The fourth-order valence-electron chi connectivity index (χ4n) is 3.50. The Morgan fingerprint density at radius 2 is 1.68 bits per heavy atom. The van der Waals surface area contributed by atoms with Gasteiger partial charge in [-0.1, -0.05) is 54.6 Å². The fraction of sp³-hybridized carbons (Fsp3) is 0.300. The molecule has 0 unspecified atom stereocenters. The van der Waals surface area contributed by atoms with Crippen LogP contribution >= 0.6 is 0 Å². The van der Waals surface area contributed by atoms with Gasteiger partial charge in [-0.3, -0.25) is 0 Å². The Balaban J connectivity index is 1.67. The van der Waals surface area contributed by atoms with Gasteiger partial charge in [-0.25, -0.2) is 0 Å². The van der Waals surface area contributed by atoms with Crippen molar-refractivity contribution >= 4 is 0 Å². The lowest BCUT2D eigenvalue weighted by Crippen LogP contribution is -2.37. The van der Waals surface area contributed by atoms with Crippen molar-refractivity contribution in [3.8, 4) is 11.1 Å². The second-order valence-electron chi connectivity index (χ2n) is 5.99. The molecule has 0 bridgehead atoms. The van der Waals surface area contributed by atoms with Gasteiger partial charge in [-0.05, 0) is 28.7 Å². The molecule has 0 aromatic heterocycles. The average Bonchev–Trinajstić information content (AvgIpc) is 2.62. The van der Waals surface area contributed by atoms with E-state index in [-0.39, 0.29) is 0 Å². The van der Waals surface area contributed by atoms with Crippen LogP contribution in [0.2, 0.25) is 0 Å². The summed E-state index contributed by atoms with van der Waals surface area (Å²) in [6.45, 7) is 3.75. The number of benzene rings is 2. The molecular formula is C20H21NO. The molecule has 4 rings (SSSR count). The van der Waals surface area contributed by atoms with E-state index in [4.69, 9.17) is 4.74 Å². The molecule has 112 valence electrons. The zero-order valence-electron chi connectivity index (χ0n) is 12.8. The zero-order valence-corrected chi connectivity index (χ0v) is 12.8. The second kappa shape index (κ2) is 5.98. The lowest BCUT2D eigenvalue weighted by molar-refractivity contribution is 0.0523. The standard InChI is InChI=1S/C20H21NO/c1-2-5-16(6-3-1)19-8-4-7-17-9-10-18(15-20(17)19)21-11-13-22-14-12-21/h1-8,10H,9,11-15H2. The number of fused-ring (bicyclic) bond motifs is 1. The van der Waals surface area contributed by atoms with Crippen molar-refractivity contribution in [2.45, 2.75) is 12.8 Å². The molecule has 1 aliphatic heterocycles. The molecule has 1 fully saturated rings. The van der Waals surface area contributed by atoms with Crippen LogP contribution in [0.1, 0.15) is 11.1 Å². The lowest BCUT2D eigenvalue weighted by Gasteiger charge is -2.33. The Hall–Kier alpha value is -2.06. The van der Waals surface area contributed by atoms with Crippen LogP contribution in [0.3, 0.4) is 0 Å². The van der Waals surface area contributed by atoms with Crippen LogP contribution in [0.15, 0.2) is 60.3 Å². The predicted octanol–water partition coefficient (Wildman–Crippen LogP) is 3.67. The van der Waals surface area contributed by atoms with Gasteiger partial charge in [0.05, 0.1) is 13.2 Å². The van der Waals surface area contributed by atoms with Crippen LogP contribution < -0.4 is 0 Å². The van der Waals surface area contributed by atoms with E-state index < -0.39 is 0 Å². The van der Waals surface area contributed by atoms with Crippen molar-refractivity contribution in [3.63, 3.8) is 0 Å². The molecule has 0 N–H and O–H groups in total. The number of hydrogen-bond acceptors (Lipinski definition) is 2. The van der Waals surface area contributed by atoms with E-state index in [1.165, 1.54) is 28.0 Å². The first-order valence-electron chi connectivity index (χ1n) is 8.10. The highest BCUT2D eigenvalue weighted by atomic mass is 16.5. The highest BCUT2D eigenvalue weighted by Crippen LogP contribution is 2.32. The maximum absolute atomic E-state index is 5.48. The summed E-state index contributed by atoms with van der Waals surface area (Å²) < 4.78 is 5.48. The molecule has 0 radical (unpaired) electrons. The summed E-state index contributed by atoms with van der Waals surface area (Å²) in [4.78, 5) is 2.49. The van der Waals surface area contributed by atoms with Gasteiger partial charge in [0.1, 0.15) is 0 Å². The smallest absolute Gasteiger partial charge is 0.0642 e. The minimum atomic E-state index is 0.852. The summed E-state index contributed by atoms with van der Waals surface area (Å²) in [5, 5.41) is 0. The summed E-state index contributed by atoms with van der Waals surface area (Å²) in [7, 11) is 0. The molecule has 2 nitrogen and oxygen atoms in total. The molecule has 2 aromatic carbocycles. The van der Waals surface area contributed by atoms with Gasteiger partial charge < -0.3 is 9.64 Å². The zero-order chi connectivity index (χ0) is 14.8. The number of ether oxygens (including phenoxy) is 1. The number of allylic oxidation sites excluding steroid dienone is 2. The van der Waals surface area contributed by atoms with Gasteiger partial charge in [-0.15, -0.1) is 0 Å². The first kappa shape index (κ1) is 13.6. The third kappa shape index (κ3) is 2.55. The first-order valence-corrected chi connectivity index (χ1v) is 8.10. The van der Waals surface area contributed by atoms with Crippen molar-refractivity contribution in [1.82, 2.24) is 4.90 Å². The molecule has 1 saturated heterocycles. The monoisotopic (exact) mass is 291 g/mol. The van der Waals surface area contributed by atoms with E-state index in [0.717, 1.165) is 39.1 Å². The van der Waals surface area contributed by atoms with Crippen LogP contribution in [0.25, 0.3) is 11.1 Å². The van der Waals surface area contributed by atoms with E-state index in [1.54, 1.807) is 0 Å². The maximum Gasteiger partial charge on any atom is 0.0642 e. The van der Waals surface area contributed by atoms with Crippen LogP contribution in [-0.4, -0.2) is 31.2 Å². The molecule has 0 spiro atoms. The summed E-state index contributed by atoms with van der Waals surface area (Å²) in [6.07, 6.45) is 4.49. The minimum Gasteiger partial charge on any atom is -0.378 e. The minimum absolute atomic E-state index is 0.852. The second-order valence-corrected chi connectivity index (χ2v) is 5.99. The third-order valence-electron chi connectivity index (χ3n) is 4.69. The first-order chi connectivity index (χ1) is 10.9. The molecule has 0 atom stereocenters. The van der Waals surface area contributed by atoms with Crippen molar-refractivity contribution in [1.29, 1.82) is 0 Å². The molecular weight excluding hydrogens is 270 g/mol. The Morgan fingerprint density at radius 1 is 0.864 bits per heavy atom. The number of nitrogens with zero attached hydrogens (tertiary/aromatic N) is 1. The molecule has 2 aliphatic rings. The van der Waals surface area contributed by atoms with Crippen molar-refractivity contribution in [2.75, 3.05) is 26.3 Å². The SMILES string of the molecule is C1=C(N2CCOCC2)Cc2c(cccc2-c2ccccc2)C1. The van der Waals surface area contributed by atoms with E-state index in [9.17, 15) is 0 Å². The maximum atomic E-state index is 5.48. The van der Waals surface area contributed by atoms with Gasteiger partial charge in [0.25, 0.3) is 0 Å². The topological polar surface area (TPSA) is 12.5 Å². The predicted molar refractivity (Wildman–Crippen MR) is 89.8 cm³/mol. The van der Waals surface area contributed by atoms with Crippen LogP contribution in [-0.2, 0) is 17.6 Å². The third-order valence-corrected chi connectivity index (χ3v) is 4.69. The largest absolute Gasteiger partial charge is 0.378 e. The molecule has 0 saturated carbocycles. The van der Waals surface area contributed by atoms with Crippen LogP contribution in [0.4, 0.5) is 0 Å². The molecule has 1 heterocycles. The number of hydrogen-bond donors (Lipinski definition) is 0. The van der Waals surface area contributed by atoms with Crippen molar-refractivity contribution < 1.29 is 4.74 Å². The van der Waals surface area contributed by atoms with Crippen LogP contribution in [0, 0.1) is 0 Å². The van der Waals surface area contributed by atoms with Crippen molar-refractivity contribution in [2.24, 2.45) is 0 Å². The van der Waals surface area contributed by atoms with Gasteiger partial charge in [0.2, 0.25) is 0 Å². The normalized spacial score (nSPS) is 17.8. The highest BCUT2D eigenvalue weighted by Gasteiger charge is 2.20. The average molecular weight is 291 g/mol. The molecule has 0 amide bonds. The Morgan fingerprint density at radius 3 is 2.50 bits per heavy atom. The highest BCUT2D eigenvalue weighted by molar-refractivity contribution is 5.70. The van der Waals surface area contributed by atoms with E-state index >= 15 is 0 Å². The molecule has 2 heteroatoms. The summed E-state index contributed by atoms with van der Waals surface area (Å²) in [6, 6.07) is 17.5. The van der Waals surface area contributed by atoms with E-state index in [2.05, 4.69) is 59.5 Å². The molecule has 22 heavy (non-hydrogen) atoms. The lowest BCUT2D eigenvalue weighted by atomic mass is 9.87.